The van der Waals surface area contributed by atoms with Gasteiger partial charge in [0.15, 0.2) is 0 Å². The van der Waals surface area contributed by atoms with Gasteiger partial charge in [-0.15, -0.1) is 0 Å². The van der Waals surface area contributed by atoms with E-state index in [1.807, 2.05) is 0 Å². The van der Waals surface area contributed by atoms with E-state index in [0.717, 1.165) is 29.7 Å². The Morgan fingerprint density at radius 3 is 3.00 bits per heavy atom. The summed E-state index contributed by atoms with van der Waals surface area (Å²) in [6.07, 6.45) is 4.07. The highest BCUT2D eigenvalue weighted by Gasteiger charge is 2.37. The Hall–Kier alpha value is -2.34. The van der Waals surface area contributed by atoms with Crippen LogP contribution in [-0.4, -0.2) is 28.6 Å². The first-order valence-corrected chi connectivity index (χ1v) is 8.55. The molecule has 2 aliphatic heterocycles. The highest BCUT2D eigenvalue weighted by molar-refractivity contribution is 5.89. The van der Waals surface area contributed by atoms with E-state index in [1.54, 1.807) is 26.1 Å². The summed E-state index contributed by atoms with van der Waals surface area (Å²) in [7, 11) is 0. The van der Waals surface area contributed by atoms with Crippen LogP contribution in [-0.2, 0) is 15.9 Å². The Balaban J connectivity index is 1.91. The molecule has 0 saturated carbocycles. The summed E-state index contributed by atoms with van der Waals surface area (Å²) in [5.41, 5.74) is 3.43. The van der Waals surface area contributed by atoms with Gasteiger partial charge in [-0.25, -0.2) is 14.2 Å². The normalized spacial score (nSPS) is 21.1. The first-order chi connectivity index (χ1) is 12.1. The van der Waals surface area contributed by atoms with Crippen molar-refractivity contribution in [2.24, 2.45) is 0 Å². The number of fused-ring (bicyclic) bond motifs is 4. The van der Waals surface area contributed by atoms with Crippen LogP contribution in [0.25, 0.3) is 11.3 Å². The van der Waals surface area contributed by atoms with Crippen LogP contribution in [0.3, 0.4) is 0 Å². The van der Waals surface area contributed by atoms with E-state index in [-0.39, 0.29) is 30.2 Å². The first-order valence-electron chi connectivity index (χ1n) is 8.55. The van der Waals surface area contributed by atoms with E-state index in [1.165, 1.54) is 6.07 Å². The summed E-state index contributed by atoms with van der Waals surface area (Å²) >= 11 is 0. The molecule has 25 heavy (non-hydrogen) atoms. The second-order valence-corrected chi connectivity index (χ2v) is 6.51. The second-order valence-electron chi connectivity index (χ2n) is 6.51. The van der Waals surface area contributed by atoms with E-state index in [9.17, 15) is 9.18 Å². The van der Waals surface area contributed by atoms with Crippen molar-refractivity contribution in [2.75, 3.05) is 6.61 Å². The van der Waals surface area contributed by atoms with Gasteiger partial charge in [-0.3, -0.25) is 4.98 Å². The minimum atomic E-state index is -0.515. The highest BCUT2D eigenvalue weighted by Crippen LogP contribution is 2.43. The zero-order valence-electron chi connectivity index (χ0n) is 14.2. The number of hydrogen-bond acceptors (Lipinski definition) is 5. The lowest BCUT2D eigenvalue weighted by Crippen LogP contribution is -2.22. The Labute approximate surface area is 145 Å². The third kappa shape index (κ3) is 2.80. The molecule has 0 radical (unpaired) electrons. The second kappa shape index (κ2) is 6.19. The maximum absolute atomic E-state index is 14.6. The van der Waals surface area contributed by atoms with Crippen molar-refractivity contribution in [1.82, 2.24) is 9.97 Å². The van der Waals surface area contributed by atoms with Crippen molar-refractivity contribution < 1.29 is 18.7 Å². The molecule has 2 aliphatic rings. The molecule has 0 spiro atoms. The summed E-state index contributed by atoms with van der Waals surface area (Å²) < 4.78 is 25.6. The average Bonchev–Trinajstić information content (AvgIpc) is 2.97. The fourth-order valence-corrected chi connectivity index (χ4v) is 3.61. The predicted octanol–water partition coefficient (Wildman–Crippen LogP) is 3.54. The van der Waals surface area contributed by atoms with E-state index in [4.69, 9.17) is 9.47 Å². The summed E-state index contributed by atoms with van der Waals surface area (Å²) in [5, 5.41) is 0. The Kier molecular flexibility index (Phi) is 4.00. The lowest BCUT2D eigenvalue weighted by Gasteiger charge is -2.25. The number of halogens is 1. The molecule has 0 N–H and O–H groups in total. The van der Waals surface area contributed by atoms with Gasteiger partial charge in [0, 0.05) is 18.2 Å². The van der Waals surface area contributed by atoms with Crippen molar-refractivity contribution in [1.29, 1.82) is 0 Å². The van der Waals surface area contributed by atoms with E-state index >= 15 is 0 Å². The first kappa shape index (κ1) is 16.1. The highest BCUT2D eigenvalue weighted by atomic mass is 19.1. The van der Waals surface area contributed by atoms with Gasteiger partial charge in [-0.05, 0) is 49.9 Å². The number of carbonyl (C=O) groups is 1. The molecule has 1 fully saturated rings. The largest absolute Gasteiger partial charge is 0.461 e. The topological polar surface area (TPSA) is 61.3 Å². The van der Waals surface area contributed by atoms with Crippen LogP contribution < -0.4 is 0 Å². The van der Waals surface area contributed by atoms with E-state index < -0.39 is 11.8 Å². The van der Waals surface area contributed by atoms with Crippen LogP contribution in [0, 0.1) is 12.7 Å². The quantitative estimate of drug-likeness (QED) is 0.799. The van der Waals surface area contributed by atoms with Gasteiger partial charge in [0.25, 0.3) is 0 Å². The number of hydrogen-bond donors (Lipinski definition) is 0. The van der Waals surface area contributed by atoms with Gasteiger partial charge >= 0.3 is 5.97 Å². The van der Waals surface area contributed by atoms with Gasteiger partial charge in [0.1, 0.15) is 23.3 Å². The lowest BCUT2D eigenvalue weighted by molar-refractivity contribution is 0.0291. The monoisotopic (exact) mass is 342 g/mol. The number of aromatic nitrogens is 2. The molecule has 0 aliphatic carbocycles. The van der Waals surface area contributed by atoms with Gasteiger partial charge < -0.3 is 9.47 Å². The molecule has 4 heterocycles. The van der Waals surface area contributed by atoms with Gasteiger partial charge in [0.2, 0.25) is 0 Å². The molecule has 1 saturated heterocycles. The van der Waals surface area contributed by atoms with Crippen LogP contribution in [0.5, 0.6) is 0 Å². The number of pyridine rings is 2. The van der Waals surface area contributed by atoms with Crippen LogP contribution in [0.15, 0.2) is 18.3 Å². The van der Waals surface area contributed by atoms with Gasteiger partial charge in [0.05, 0.1) is 18.4 Å². The lowest BCUT2D eigenvalue weighted by atomic mass is 9.94. The van der Waals surface area contributed by atoms with Crippen molar-refractivity contribution in [3.8, 4) is 11.3 Å². The van der Waals surface area contributed by atoms with Gasteiger partial charge in [-0.2, -0.15) is 0 Å². The molecule has 2 atom stereocenters. The minimum Gasteiger partial charge on any atom is -0.461 e. The number of rotatable bonds is 3. The molecule has 0 amide bonds. The third-order valence-electron chi connectivity index (χ3n) is 4.72. The summed E-state index contributed by atoms with van der Waals surface area (Å²) in [4.78, 5) is 21.0. The molecule has 5 nitrogen and oxygen atoms in total. The fraction of sp³-hybridized carbons (Fsp3) is 0.421. The SMILES string of the molecule is CCOC(=O)c1cc(-c2ncc(C)cc2F)c2c(n1)[C@@H]1CC[C@H](C2)O1. The zero-order chi connectivity index (χ0) is 17.6. The van der Waals surface area contributed by atoms with Crippen LogP contribution >= 0.6 is 0 Å². The number of carbonyl (C=O) groups excluding carboxylic acids is 1. The summed E-state index contributed by atoms with van der Waals surface area (Å²) in [5.74, 6) is -0.916. The van der Waals surface area contributed by atoms with Crippen molar-refractivity contribution in [3.63, 3.8) is 0 Å². The summed E-state index contributed by atoms with van der Waals surface area (Å²) in [6.45, 7) is 3.79. The molecule has 2 bridgehead atoms. The fourth-order valence-electron chi connectivity index (χ4n) is 3.61. The number of esters is 1. The maximum Gasteiger partial charge on any atom is 0.356 e. The van der Waals surface area contributed by atoms with Crippen molar-refractivity contribution >= 4 is 5.97 Å². The van der Waals surface area contributed by atoms with Crippen LogP contribution in [0.4, 0.5) is 4.39 Å². The zero-order valence-corrected chi connectivity index (χ0v) is 14.2. The summed E-state index contributed by atoms with van der Waals surface area (Å²) in [6, 6.07) is 3.05. The van der Waals surface area contributed by atoms with E-state index in [2.05, 4.69) is 9.97 Å². The molecule has 4 rings (SSSR count). The minimum absolute atomic E-state index is 0.125. The maximum atomic E-state index is 14.6. The Morgan fingerprint density at radius 1 is 1.40 bits per heavy atom. The predicted molar refractivity (Wildman–Crippen MR) is 88.7 cm³/mol. The number of ether oxygens (including phenoxy) is 2. The number of aryl methyl sites for hydroxylation is 1. The molecule has 2 aromatic rings. The van der Waals surface area contributed by atoms with Crippen molar-refractivity contribution in [3.05, 3.63) is 46.7 Å². The Bertz CT molecular complexity index is 853. The van der Waals surface area contributed by atoms with Crippen LogP contribution in [0.1, 0.15) is 53.2 Å². The smallest absolute Gasteiger partial charge is 0.356 e. The molecule has 0 aromatic carbocycles. The molecular weight excluding hydrogens is 323 g/mol. The van der Waals surface area contributed by atoms with Crippen LogP contribution in [0.2, 0.25) is 0 Å². The molecule has 0 unspecified atom stereocenters. The average molecular weight is 342 g/mol. The van der Waals surface area contributed by atoms with Crippen molar-refractivity contribution in [2.45, 2.75) is 45.3 Å². The molecular formula is C19H19FN2O3. The van der Waals surface area contributed by atoms with Gasteiger partial charge in [-0.1, -0.05) is 0 Å². The molecule has 130 valence electrons. The number of nitrogens with zero attached hydrogens (tertiary/aromatic N) is 2. The third-order valence-corrected chi connectivity index (χ3v) is 4.72. The van der Waals surface area contributed by atoms with E-state index in [0.29, 0.717) is 12.0 Å². The molecule has 6 heteroatoms. The molecule has 2 aromatic heterocycles. The standard InChI is InChI=1S/C19H19FN2O3/c1-3-24-19(23)15-8-13(17-14(20)6-10(2)9-21-17)12-7-11-4-5-16(25-11)18(12)22-15/h6,8-9,11,16H,3-5,7H2,1-2H3/t11-,16+/m1/s1. The Morgan fingerprint density at radius 2 is 2.24 bits per heavy atom.